The number of rotatable bonds is 3. The third-order valence-electron chi connectivity index (χ3n) is 2.71. The molecule has 2 heterocycles. The van der Waals surface area contributed by atoms with E-state index in [4.69, 9.17) is 0 Å². The Labute approximate surface area is 106 Å². The van der Waals surface area contributed by atoms with Gasteiger partial charge < -0.3 is 5.32 Å². The van der Waals surface area contributed by atoms with Gasteiger partial charge in [-0.25, -0.2) is 0 Å². The van der Waals surface area contributed by atoms with Crippen LogP contribution in [0.2, 0.25) is 0 Å². The average molecular weight is 254 g/mol. The van der Waals surface area contributed by atoms with Crippen molar-refractivity contribution in [1.82, 2.24) is 5.32 Å². The second kappa shape index (κ2) is 5.23. The molecule has 2 nitrogen and oxygen atoms in total. The number of nitrogens with zero attached hydrogens (tertiary/aromatic N) is 1. The Kier molecular flexibility index (Phi) is 3.92. The fourth-order valence-electron chi connectivity index (χ4n) is 1.65. The number of aryl methyl sites for hydroxylation is 1. The van der Waals surface area contributed by atoms with Crippen molar-refractivity contribution >= 4 is 28.3 Å². The molecule has 0 saturated carbocycles. The van der Waals surface area contributed by atoms with Gasteiger partial charge in [0, 0.05) is 15.5 Å². The van der Waals surface area contributed by atoms with E-state index in [-0.39, 0.29) is 0 Å². The number of nitrogens with one attached hydrogen (secondary N) is 1. The van der Waals surface area contributed by atoms with E-state index in [9.17, 15) is 0 Å². The summed E-state index contributed by atoms with van der Waals surface area (Å²) < 4.78 is 0. The monoisotopic (exact) mass is 254 g/mol. The first-order valence-electron chi connectivity index (χ1n) is 5.72. The zero-order valence-corrected chi connectivity index (χ0v) is 11.6. The Morgan fingerprint density at radius 3 is 2.94 bits per heavy atom. The summed E-state index contributed by atoms with van der Waals surface area (Å²) in [4.78, 5) is 7.41. The van der Waals surface area contributed by atoms with Crippen LogP contribution in [0.15, 0.2) is 17.1 Å². The molecule has 2 atom stereocenters. The Hall–Kier alpha value is -0.480. The zero-order chi connectivity index (χ0) is 11.5. The van der Waals surface area contributed by atoms with Crippen molar-refractivity contribution in [3.63, 3.8) is 0 Å². The molecule has 1 N–H and O–H groups in total. The second-order valence-electron chi connectivity index (χ2n) is 4.12. The molecule has 1 aromatic heterocycles. The first-order valence-corrected chi connectivity index (χ1v) is 7.52. The van der Waals surface area contributed by atoms with Crippen LogP contribution in [0.1, 0.15) is 36.1 Å². The van der Waals surface area contributed by atoms with E-state index >= 15 is 0 Å². The van der Waals surface area contributed by atoms with Crippen LogP contribution in [-0.4, -0.2) is 17.0 Å². The van der Waals surface area contributed by atoms with E-state index in [0.29, 0.717) is 12.1 Å². The highest BCUT2D eigenvalue weighted by Gasteiger charge is 2.18. The van der Waals surface area contributed by atoms with Crippen molar-refractivity contribution in [1.29, 1.82) is 0 Å². The molecule has 0 saturated heterocycles. The molecule has 1 aromatic rings. The van der Waals surface area contributed by atoms with E-state index in [2.05, 4.69) is 43.2 Å². The van der Waals surface area contributed by atoms with Crippen molar-refractivity contribution in [2.24, 2.45) is 4.99 Å². The van der Waals surface area contributed by atoms with Crippen LogP contribution in [-0.2, 0) is 0 Å². The molecular formula is C12H18N2S2. The first kappa shape index (κ1) is 12.0. The minimum absolute atomic E-state index is 0.376. The predicted molar refractivity (Wildman–Crippen MR) is 74.6 cm³/mol. The van der Waals surface area contributed by atoms with Crippen LogP contribution in [0.3, 0.4) is 0 Å². The predicted octanol–water partition coefficient (Wildman–Crippen LogP) is 3.59. The molecule has 0 aromatic carbocycles. The molecule has 0 aliphatic carbocycles. The Morgan fingerprint density at radius 2 is 2.38 bits per heavy atom. The van der Waals surface area contributed by atoms with Crippen LogP contribution >= 0.6 is 23.1 Å². The van der Waals surface area contributed by atoms with E-state index < -0.39 is 0 Å². The molecule has 0 bridgehead atoms. The lowest BCUT2D eigenvalue weighted by Gasteiger charge is -2.12. The molecular weight excluding hydrogens is 236 g/mol. The summed E-state index contributed by atoms with van der Waals surface area (Å²) in [5.74, 6) is 1.13. The van der Waals surface area contributed by atoms with Crippen LogP contribution in [0.25, 0.3) is 0 Å². The van der Waals surface area contributed by atoms with Crippen molar-refractivity contribution in [2.45, 2.75) is 39.3 Å². The van der Waals surface area contributed by atoms with Gasteiger partial charge in [0.1, 0.15) is 0 Å². The molecule has 88 valence electrons. The third-order valence-corrected chi connectivity index (χ3v) is 4.94. The van der Waals surface area contributed by atoms with Gasteiger partial charge in [-0.05, 0) is 32.4 Å². The number of thioether (sulfide) groups is 1. The van der Waals surface area contributed by atoms with Gasteiger partial charge in [0.2, 0.25) is 0 Å². The molecule has 16 heavy (non-hydrogen) atoms. The SMILES string of the molecule is CCC1CSC(NC(C)c2ccc(C)s2)=N1. The van der Waals surface area contributed by atoms with Crippen molar-refractivity contribution in [3.8, 4) is 0 Å². The Bertz CT molecular complexity index is 384. The molecule has 0 fully saturated rings. The smallest absolute Gasteiger partial charge is 0.157 e. The van der Waals surface area contributed by atoms with Gasteiger partial charge in [0.25, 0.3) is 0 Å². The second-order valence-corrected chi connectivity index (χ2v) is 6.45. The van der Waals surface area contributed by atoms with Crippen molar-refractivity contribution < 1.29 is 0 Å². The Balaban J connectivity index is 1.95. The standard InChI is InChI=1S/C12H18N2S2/c1-4-10-7-15-12(14-10)13-9(3)11-6-5-8(2)16-11/h5-6,9-10H,4,7H2,1-3H3,(H,13,14). The normalized spacial score (nSPS) is 21.9. The summed E-state index contributed by atoms with van der Waals surface area (Å²) in [6, 6.07) is 5.27. The number of aliphatic imine (C=N–C) groups is 1. The highest BCUT2D eigenvalue weighted by atomic mass is 32.2. The fraction of sp³-hybridized carbons (Fsp3) is 0.583. The van der Waals surface area contributed by atoms with Gasteiger partial charge in [-0.2, -0.15) is 0 Å². The van der Waals surface area contributed by atoms with Gasteiger partial charge in [0.05, 0.1) is 12.1 Å². The fourth-order valence-corrected chi connectivity index (χ4v) is 3.67. The lowest BCUT2D eigenvalue weighted by atomic mass is 10.3. The lowest BCUT2D eigenvalue weighted by molar-refractivity contribution is 0.709. The molecule has 0 spiro atoms. The summed E-state index contributed by atoms with van der Waals surface area (Å²) in [5.41, 5.74) is 0. The van der Waals surface area contributed by atoms with Crippen LogP contribution in [0.4, 0.5) is 0 Å². The summed E-state index contributed by atoms with van der Waals surface area (Å²) in [7, 11) is 0. The van der Waals surface area contributed by atoms with E-state index in [1.807, 2.05) is 23.1 Å². The minimum atomic E-state index is 0.376. The molecule has 0 radical (unpaired) electrons. The van der Waals surface area contributed by atoms with Gasteiger partial charge in [-0.3, -0.25) is 4.99 Å². The number of hydrogen-bond acceptors (Lipinski definition) is 4. The average Bonchev–Trinajstić information content (AvgIpc) is 2.87. The number of hydrogen-bond donors (Lipinski definition) is 1. The van der Waals surface area contributed by atoms with Crippen molar-refractivity contribution in [3.05, 3.63) is 21.9 Å². The minimum Gasteiger partial charge on any atom is -0.358 e. The van der Waals surface area contributed by atoms with Crippen LogP contribution in [0, 0.1) is 6.92 Å². The molecule has 4 heteroatoms. The molecule has 0 amide bonds. The zero-order valence-electron chi connectivity index (χ0n) is 9.99. The summed E-state index contributed by atoms with van der Waals surface area (Å²) in [5, 5.41) is 4.61. The number of thiophene rings is 1. The van der Waals surface area contributed by atoms with E-state index in [1.165, 1.54) is 9.75 Å². The largest absolute Gasteiger partial charge is 0.358 e. The van der Waals surface area contributed by atoms with Gasteiger partial charge in [0.15, 0.2) is 5.17 Å². The van der Waals surface area contributed by atoms with Gasteiger partial charge >= 0.3 is 0 Å². The van der Waals surface area contributed by atoms with Crippen molar-refractivity contribution in [2.75, 3.05) is 5.75 Å². The summed E-state index contributed by atoms with van der Waals surface area (Å²) in [6.45, 7) is 6.55. The lowest BCUT2D eigenvalue weighted by Crippen LogP contribution is -2.22. The van der Waals surface area contributed by atoms with Gasteiger partial charge in [-0.1, -0.05) is 18.7 Å². The topological polar surface area (TPSA) is 24.4 Å². The quantitative estimate of drug-likeness (QED) is 0.891. The molecule has 1 aliphatic heterocycles. The van der Waals surface area contributed by atoms with E-state index in [0.717, 1.165) is 17.3 Å². The summed E-state index contributed by atoms with van der Waals surface area (Å²) in [6.07, 6.45) is 1.14. The molecule has 1 aliphatic rings. The maximum absolute atomic E-state index is 4.65. The third kappa shape index (κ3) is 2.80. The van der Waals surface area contributed by atoms with Crippen LogP contribution < -0.4 is 5.32 Å². The Morgan fingerprint density at radius 1 is 1.56 bits per heavy atom. The maximum Gasteiger partial charge on any atom is 0.157 e. The maximum atomic E-state index is 4.65. The first-order chi connectivity index (χ1) is 7.69. The van der Waals surface area contributed by atoms with Gasteiger partial charge in [-0.15, -0.1) is 11.3 Å². The highest BCUT2D eigenvalue weighted by Crippen LogP contribution is 2.25. The van der Waals surface area contributed by atoms with E-state index in [1.54, 1.807) is 0 Å². The molecule has 2 rings (SSSR count). The highest BCUT2D eigenvalue weighted by molar-refractivity contribution is 8.14. The number of amidine groups is 1. The molecule has 2 unspecified atom stereocenters. The van der Waals surface area contributed by atoms with Crippen LogP contribution in [0.5, 0.6) is 0 Å². The summed E-state index contributed by atoms with van der Waals surface area (Å²) >= 11 is 3.71.